The van der Waals surface area contributed by atoms with E-state index < -0.39 is 0 Å². The Bertz CT molecular complexity index is 506. The van der Waals surface area contributed by atoms with Gasteiger partial charge in [0.05, 0.1) is 40.0 Å². The lowest BCUT2D eigenvalue weighted by atomic mass is 10.2. The van der Waals surface area contributed by atoms with Gasteiger partial charge >= 0.3 is 0 Å². The Kier molecular flexibility index (Phi) is 6.90. The first-order chi connectivity index (χ1) is 9.92. The molecule has 0 aromatic heterocycles. The molecule has 116 valence electrons. The van der Waals surface area contributed by atoms with Crippen LogP contribution >= 0.6 is 12.2 Å². The summed E-state index contributed by atoms with van der Waals surface area (Å²) in [5, 5.41) is 9.46. The summed E-state index contributed by atoms with van der Waals surface area (Å²) in [4.78, 5) is 12.4. The van der Waals surface area contributed by atoms with Gasteiger partial charge in [-0.15, -0.1) is 0 Å². The smallest absolute Gasteiger partial charge is 0.221 e. The summed E-state index contributed by atoms with van der Waals surface area (Å²) in [6, 6.07) is 5.34. The normalized spacial score (nSPS) is 10.1. The minimum Gasteiger partial charge on any atom is -0.495 e. The van der Waals surface area contributed by atoms with Gasteiger partial charge in [0.1, 0.15) is 5.75 Å². The maximum Gasteiger partial charge on any atom is 0.221 e. The predicted octanol–water partition coefficient (Wildman–Crippen LogP) is 0.0845. The van der Waals surface area contributed by atoms with Gasteiger partial charge in [0.2, 0.25) is 5.91 Å². The summed E-state index contributed by atoms with van der Waals surface area (Å²) in [6.07, 6.45) is 0. The van der Waals surface area contributed by atoms with Crippen molar-refractivity contribution in [1.82, 2.24) is 5.32 Å². The lowest BCUT2D eigenvalue weighted by molar-refractivity contribution is -0.856. The number of rotatable bonds is 6. The van der Waals surface area contributed by atoms with Crippen molar-refractivity contribution in [3.8, 4) is 5.75 Å². The van der Waals surface area contributed by atoms with E-state index >= 15 is 0 Å². The second kappa shape index (κ2) is 8.43. The average molecular weight is 311 g/mol. The number of carbonyl (C=O) groups is 1. The topological polar surface area (TPSA) is 66.8 Å². The SMILES string of the molecule is COc1ccc(NC(C)=O)cc1NC(=S)NCC[NH+](C)C. The molecule has 1 aromatic carbocycles. The highest BCUT2D eigenvalue weighted by atomic mass is 32.1. The zero-order chi connectivity index (χ0) is 15.8. The lowest BCUT2D eigenvalue weighted by Crippen LogP contribution is -3.06. The van der Waals surface area contributed by atoms with Gasteiger partial charge in [-0.05, 0) is 30.4 Å². The van der Waals surface area contributed by atoms with E-state index in [4.69, 9.17) is 17.0 Å². The monoisotopic (exact) mass is 311 g/mol. The zero-order valence-corrected chi connectivity index (χ0v) is 13.7. The fraction of sp³-hybridized carbons (Fsp3) is 0.429. The van der Waals surface area contributed by atoms with Crippen LogP contribution in [0.4, 0.5) is 11.4 Å². The van der Waals surface area contributed by atoms with Crippen molar-refractivity contribution in [2.45, 2.75) is 6.92 Å². The van der Waals surface area contributed by atoms with Gasteiger partial charge in [0, 0.05) is 12.6 Å². The van der Waals surface area contributed by atoms with Gasteiger partial charge in [-0.25, -0.2) is 0 Å². The highest BCUT2D eigenvalue weighted by Gasteiger charge is 2.07. The first-order valence-electron chi connectivity index (χ1n) is 6.72. The van der Waals surface area contributed by atoms with E-state index in [1.807, 2.05) is 0 Å². The minimum atomic E-state index is -0.124. The molecule has 1 rings (SSSR count). The molecular weight excluding hydrogens is 288 g/mol. The molecule has 7 heteroatoms. The average Bonchev–Trinajstić information content (AvgIpc) is 2.37. The van der Waals surface area contributed by atoms with Crippen molar-refractivity contribution >= 4 is 34.6 Å². The molecule has 0 fully saturated rings. The maximum atomic E-state index is 11.1. The van der Waals surface area contributed by atoms with Crippen LogP contribution in [-0.4, -0.2) is 45.3 Å². The van der Waals surface area contributed by atoms with E-state index in [1.165, 1.54) is 11.8 Å². The molecule has 0 radical (unpaired) electrons. The number of likely N-dealkylation sites (N-methyl/N-ethyl adjacent to an activating group) is 1. The van der Waals surface area contributed by atoms with Gasteiger partial charge in [0.25, 0.3) is 0 Å². The van der Waals surface area contributed by atoms with Crippen LogP contribution < -0.4 is 25.6 Å². The molecule has 0 saturated carbocycles. The number of hydrogen-bond donors (Lipinski definition) is 4. The van der Waals surface area contributed by atoms with E-state index in [2.05, 4.69) is 30.0 Å². The van der Waals surface area contributed by atoms with Crippen molar-refractivity contribution in [3.63, 3.8) is 0 Å². The molecule has 0 aliphatic heterocycles. The summed E-state index contributed by atoms with van der Waals surface area (Å²) < 4.78 is 5.28. The summed E-state index contributed by atoms with van der Waals surface area (Å²) in [6.45, 7) is 3.21. The van der Waals surface area contributed by atoms with E-state index in [0.29, 0.717) is 22.2 Å². The van der Waals surface area contributed by atoms with E-state index in [9.17, 15) is 4.79 Å². The number of anilines is 2. The summed E-state index contributed by atoms with van der Waals surface area (Å²) in [7, 11) is 5.75. The summed E-state index contributed by atoms with van der Waals surface area (Å²) >= 11 is 5.25. The van der Waals surface area contributed by atoms with Crippen molar-refractivity contribution in [2.24, 2.45) is 0 Å². The molecule has 0 saturated heterocycles. The zero-order valence-electron chi connectivity index (χ0n) is 12.9. The third-order valence-electron chi connectivity index (χ3n) is 2.68. The molecule has 0 aliphatic carbocycles. The number of carbonyl (C=O) groups excluding carboxylic acids is 1. The largest absolute Gasteiger partial charge is 0.495 e. The highest BCUT2D eigenvalue weighted by molar-refractivity contribution is 7.80. The molecule has 4 N–H and O–H groups in total. The number of quaternary nitrogens is 1. The van der Waals surface area contributed by atoms with Gasteiger partial charge < -0.3 is 25.6 Å². The molecule has 6 nitrogen and oxygen atoms in total. The van der Waals surface area contributed by atoms with Crippen molar-refractivity contribution in [2.75, 3.05) is 44.9 Å². The first kappa shape index (κ1) is 17.2. The molecule has 0 heterocycles. The maximum absolute atomic E-state index is 11.1. The Morgan fingerprint density at radius 1 is 1.33 bits per heavy atom. The highest BCUT2D eigenvalue weighted by Crippen LogP contribution is 2.27. The number of benzene rings is 1. The van der Waals surface area contributed by atoms with Crippen LogP contribution in [0.5, 0.6) is 5.75 Å². The van der Waals surface area contributed by atoms with E-state index in [0.717, 1.165) is 13.1 Å². The number of methoxy groups -OCH3 is 1. The minimum absolute atomic E-state index is 0.124. The molecule has 1 amide bonds. The first-order valence-corrected chi connectivity index (χ1v) is 7.12. The molecule has 1 aromatic rings. The molecule has 0 aliphatic rings. The third kappa shape index (κ3) is 6.42. The fourth-order valence-electron chi connectivity index (χ4n) is 1.68. The molecule has 0 unspecified atom stereocenters. The summed E-state index contributed by atoms with van der Waals surface area (Å²) in [5.41, 5.74) is 1.39. The quantitative estimate of drug-likeness (QED) is 0.561. The Labute approximate surface area is 130 Å². The van der Waals surface area contributed by atoms with Crippen LogP contribution in [0.25, 0.3) is 0 Å². The summed E-state index contributed by atoms with van der Waals surface area (Å²) in [5.74, 6) is 0.535. The van der Waals surface area contributed by atoms with Gasteiger partial charge in [-0.3, -0.25) is 4.79 Å². The number of ether oxygens (including phenoxy) is 1. The van der Waals surface area contributed by atoms with Crippen molar-refractivity contribution in [3.05, 3.63) is 18.2 Å². The number of hydrogen-bond acceptors (Lipinski definition) is 3. The third-order valence-corrected chi connectivity index (χ3v) is 2.93. The van der Waals surface area contributed by atoms with Gasteiger partial charge in [-0.2, -0.15) is 0 Å². The predicted molar refractivity (Wildman–Crippen MR) is 89.2 cm³/mol. The van der Waals surface area contributed by atoms with Crippen LogP contribution in [0.1, 0.15) is 6.92 Å². The molecule has 0 bridgehead atoms. The van der Waals surface area contributed by atoms with Crippen molar-refractivity contribution in [1.29, 1.82) is 0 Å². The lowest BCUT2D eigenvalue weighted by Gasteiger charge is -2.15. The van der Waals surface area contributed by atoms with Crippen molar-refractivity contribution < 1.29 is 14.4 Å². The second-order valence-electron chi connectivity index (χ2n) is 4.93. The van der Waals surface area contributed by atoms with Crippen LogP contribution in [0.2, 0.25) is 0 Å². The van der Waals surface area contributed by atoms with E-state index in [-0.39, 0.29) is 5.91 Å². The van der Waals surface area contributed by atoms with E-state index in [1.54, 1.807) is 25.3 Å². The Morgan fingerprint density at radius 3 is 2.62 bits per heavy atom. The molecule has 0 atom stereocenters. The van der Waals surface area contributed by atoms with Crippen LogP contribution in [0.3, 0.4) is 0 Å². The van der Waals surface area contributed by atoms with Crippen LogP contribution in [-0.2, 0) is 4.79 Å². The Morgan fingerprint density at radius 2 is 2.05 bits per heavy atom. The fourth-order valence-corrected chi connectivity index (χ4v) is 1.89. The van der Waals surface area contributed by atoms with Crippen LogP contribution in [0.15, 0.2) is 18.2 Å². The van der Waals surface area contributed by atoms with Gasteiger partial charge in [0.15, 0.2) is 5.11 Å². The molecular formula is C14H23N4O2S+. The number of thiocarbonyl (C=S) groups is 1. The second-order valence-corrected chi connectivity index (χ2v) is 5.34. The van der Waals surface area contributed by atoms with Crippen LogP contribution in [0, 0.1) is 0 Å². The van der Waals surface area contributed by atoms with Gasteiger partial charge in [-0.1, -0.05) is 0 Å². The molecule has 0 spiro atoms. The molecule has 21 heavy (non-hydrogen) atoms. The number of nitrogens with one attached hydrogen (secondary N) is 4. The Hall–Kier alpha value is -1.86. The number of amides is 1. The Balaban J connectivity index is 2.70. The standard InChI is InChI=1S/C14H22N4O2S/c1-10(19)16-11-5-6-13(20-4)12(9-11)17-14(21)15-7-8-18(2)3/h5-6,9H,7-8H2,1-4H3,(H,16,19)(H2,15,17,21)/p+1.